The third-order valence-electron chi connectivity index (χ3n) is 3.99. The molecule has 0 spiro atoms. The molecule has 2 nitrogen and oxygen atoms in total. The molecule has 0 aromatic heterocycles. The van der Waals surface area contributed by atoms with Crippen molar-refractivity contribution in [3.8, 4) is 5.75 Å². The molecule has 1 aromatic rings. The van der Waals surface area contributed by atoms with E-state index in [9.17, 15) is 0 Å². The van der Waals surface area contributed by atoms with Gasteiger partial charge in [0.2, 0.25) is 0 Å². The number of hydrogen-bond donors (Lipinski definition) is 1. The van der Waals surface area contributed by atoms with Crippen molar-refractivity contribution in [1.29, 1.82) is 0 Å². The molecule has 0 aliphatic heterocycles. The Hall–Kier alpha value is -1.02. The van der Waals surface area contributed by atoms with Crippen LogP contribution in [0.2, 0.25) is 0 Å². The number of nitrogens with one attached hydrogen (secondary N) is 1. The van der Waals surface area contributed by atoms with E-state index in [0.717, 1.165) is 30.7 Å². The maximum atomic E-state index is 5.40. The van der Waals surface area contributed by atoms with Gasteiger partial charge in [-0.2, -0.15) is 0 Å². The zero-order valence-electron chi connectivity index (χ0n) is 11.8. The van der Waals surface area contributed by atoms with E-state index in [1.165, 1.54) is 30.4 Å². The first-order chi connectivity index (χ1) is 8.69. The molecule has 0 heterocycles. The first-order valence-corrected chi connectivity index (χ1v) is 7.03. The lowest BCUT2D eigenvalue weighted by molar-refractivity contribution is 0.404. The summed E-state index contributed by atoms with van der Waals surface area (Å²) in [6, 6.07) is 6.37. The van der Waals surface area contributed by atoms with Crippen molar-refractivity contribution < 1.29 is 4.74 Å². The molecule has 0 radical (unpaired) electrons. The molecular weight excluding hydrogens is 222 g/mol. The minimum absolute atomic E-state index is 0.871. The normalized spacial score (nSPS) is 23.3. The lowest BCUT2D eigenvalue weighted by Gasteiger charge is -2.13. The van der Waals surface area contributed by atoms with Crippen LogP contribution in [0.4, 0.5) is 0 Å². The van der Waals surface area contributed by atoms with Crippen molar-refractivity contribution in [2.45, 2.75) is 39.7 Å². The van der Waals surface area contributed by atoms with E-state index in [0.29, 0.717) is 0 Å². The summed E-state index contributed by atoms with van der Waals surface area (Å²) in [6.07, 6.45) is 4.18. The quantitative estimate of drug-likeness (QED) is 0.859. The number of methoxy groups -OCH3 is 1. The Morgan fingerprint density at radius 1 is 1.33 bits per heavy atom. The largest absolute Gasteiger partial charge is 0.496 e. The molecule has 0 bridgehead atoms. The second kappa shape index (κ2) is 6.24. The Labute approximate surface area is 111 Å². The molecule has 2 unspecified atom stereocenters. The van der Waals surface area contributed by atoms with Crippen LogP contribution in [0, 0.1) is 18.8 Å². The van der Waals surface area contributed by atoms with Crippen LogP contribution in [-0.4, -0.2) is 13.7 Å². The van der Waals surface area contributed by atoms with Crippen LogP contribution in [0.25, 0.3) is 0 Å². The Kier molecular flexibility index (Phi) is 4.65. The zero-order chi connectivity index (χ0) is 13.0. The highest BCUT2D eigenvalue weighted by Gasteiger charge is 2.20. The number of hydrogen-bond acceptors (Lipinski definition) is 2. The van der Waals surface area contributed by atoms with E-state index in [4.69, 9.17) is 4.74 Å². The van der Waals surface area contributed by atoms with Crippen molar-refractivity contribution in [2.24, 2.45) is 11.8 Å². The highest BCUT2D eigenvalue weighted by Crippen LogP contribution is 2.29. The van der Waals surface area contributed by atoms with Crippen LogP contribution in [0.3, 0.4) is 0 Å². The lowest BCUT2D eigenvalue weighted by Crippen LogP contribution is -2.21. The fraction of sp³-hybridized carbons (Fsp3) is 0.625. The number of ether oxygens (including phenoxy) is 1. The van der Waals surface area contributed by atoms with Gasteiger partial charge in [-0.1, -0.05) is 31.0 Å². The minimum atomic E-state index is 0.871. The van der Waals surface area contributed by atoms with Crippen molar-refractivity contribution in [2.75, 3.05) is 13.7 Å². The average molecular weight is 247 g/mol. The summed E-state index contributed by atoms with van der Waals surface area (Å²) in [4.78, 5) is 0. The molecule has 2 heteroatoms. The number of rotatable bonds is 5. The van der Waals surface area contributed by atoms with Crippen LogP contribution in [0.5, 0.6) is 5.75 Å². The molecule has 100 valence electrons. The van der Waals surface area contributed by atoms with Gasteiger partial charge in [-0.05, 0) is 44.2 Å². The van der Waals surface area contributed by atoms with Gasteiger partial charge in [0.25, 0.3) is 0 Å². The van der Waals surface area contributed by atoms with E-state index in [1.54, 1.807) is 7.11 Å². The summed E-state index contributed by atoms with van der Waals surface area (Å²) >= 11 is 0. The predicted octanol–water partition coefficient (Wildman–Crippen LogP) is 3.53. The van der Waals surface area contributed by atoms with Gasteiger partial charge >= 0.3 is 0 Å². The second-order valence-electron chi connectivity index (χ2n) is 5.73. The first-order valence-electron chi connectivity index (χ1n) is 7.03. The van der Waals surface area contributed by atoms with Crippen molar-refractivity contribution in [3.05, 3.63) is 29.3 Å². The molecule has 1 saturated carbocycles. The summed E-state index contributed by atoms with van der Waals surface area (Å²) in [6.45, 7) is 6.54. The highest BCUT2D eigenvalue weighted by atomic mass is 16.5. The molecule has 18 heavy (non-hydrogen) atoms. The smallest absolute Gasteiger partial charge is 0.123 e. The van der Waals surface area contributed by atoms with Gasteiger partial charge in [0.15, 0.2) is 0 Å². The maximum absolute atomic E-state index is 5.40. The Bertz CT molecular complexity index is 389. The Morgan fingerprint density at radius 2 is 2.17 bits per heavy atom. The van der Waals surface area contributed by atoms with Crippen molar-refractivity contribution >= 4 is 0 Å². The van der Waals surface area contributed by atoms with Gasteiger partial charge < -0.3 is 10.1 Å². The fourth-order valence-corrected chi connectivity index (χ4v) is 2.97. The van der Waals surface area contributed by atoms with E-state index in [1.807, 2.05) is 0 Å². The Morgan fingerprint density at radius 3 is 2.83 bits per heavy atom. The first kappa shape index (κ1) is 13.4. The van der Waals surface area contributed by atoms with Crippen LogP contribution in [0.1, 0.15) is 37.3 Å². The fourth-order valence-electron chi connectivity index (χ4n) is 2.97. The van der Waals surface area contributed by atoms with Crippen LogP contribution < -0.4 is 10.1 Å². The van der Waals surface area contributed by atoms with E-state index >= 15 is 0 Å². The predicted molar refractivity (Wildman–Crippen MR) is 75.9 cm³/mol. The highest BCUT2D eigenvalue weighted by molar-refractivity contribution is 5.36. The van der Waals surface area contributed by atoms with E-state index in [2.05, 4.69) is 37.4 Å². The van der Waals surface area contributed by atoms with Gasteiger partial charge in [-0.25, -0.2) is 0 Å². The third kappa shape index (κ3) is 3.49. The second-order valence-corrected chi connectivity index (χ2v) is 5.73. The van der Waals surface area contributed by atoms with Crippen LogP contribution in [0.15, 0.2) is 18.2 Å². The zero-order valence-corrected chi connectivity index (χ0v) is 11.8. The molecule has 1 aliphatic carbocycles. The van der Waals surface area contributed by atoms with Gasteiger partial charge in [0.05, 0.1) is 7.11 Å². The maximum Gasteiger partial charge on any atom is 0.123 e. The van der Waals surface area contributed by atoms with Crippen molar-refractivity contribution in [1.82, 2.24) is 5.32 Å². The molecule has 1 aromatic carbocycles. The van der Waals surface area contributed by atoms with Gasteiger partial charge in [-0.3, -0.25) is 0 Å². The van der Waals surface area contributed by atoms with E-state index in [-0.39, 0.29) is 0 Å². The molecule has 2 atom stereocenters. The van der Waals surface area contributed by atoms with Crippen LogP contribution >= 0.6 is 0 Å². The van der Waals surface area contributed by atoms with Gasteiger partial charge in [-0.15, -0.1) is 0 Å². The summed E-state index contributed by atoms with van der Waals surface area (Å²) in [5.74, 6) is 2.79. The topological polar surface area (TPSA) is 21.3 Å². The third-order valence-corrected chi connectivity index (χ3v) is 3.99. The minimum Gasteiger partial charge on any atom is -0.496 e. The molecule has 0 saturated heterocycles. The summed E-state index contributed by atoms with van der Waals surface area (Å²) in [5.41, 5.74) is 2.56. The molecule has 1 fully saturated rings. The Balaban J connectivity index is 1.84. The average Bonchev–Trinajstić information content (AvgIpc) is 2.75. The molecule has 0 amide bonds. The number of aryl methyl sites for hydroxylation is 1. The standard InChI is InChI=1S/C16H25NO/c1-12-4-6-14(8-12)10-17-11-15-9-13(2)5-7-16(15)18-3/h5,7,9,12,14,17H,4,6,8,10-11H2,1-3H3. The van der Waals surface area contributed by atoms with E-state index < -0.39 is 0 Å². The van der Waals surface area contributed by atoms with Crippen molar-refractivity contribution in [3.63, 3.8) is 0 Å². The summed E-state index contributed by atoms with van der Waals surface area (Å²) in [5, 5.41) is 3.59. The molecule has 1 aliphatic rings. The monoisotopic (exact) mass is 247 g/mol. The van der Waals surface area contributed by atoms with Crippen LogP contribution in [-0.2, 0) is 6.54 Å². The molecular formula is C16H25NO. The molecule has 2 rings (SSSR count). The summed E-state index contributed by atoms with van der Waals surface area (Å²) < 4.78 is 5.40. The number of benzene rings is 1. The van der Waals surface area contributed by atoms with Gasteiger partial charge in [0, 0.05) is 12.1 Å². The summed E-state index contributed by atoms with van der Waals surface area (Å²) in [7, 11) is 1.74. The molecule has 1 N–H and O–H groups in total. The lowest BCUT2D eigenvalue weighted by atomic mass is 10.1. The van der Waals surface area contributed by atoms with Gasteiger partial charge in [0.1, 0.15) is 5.75 Å². The SMILES string of the molecule is COc1ccc(C)cc1CNCC1CCC(C)C1.